The first kappa shape index (κ1) is 15.0. The molecule has 0 aromatic carbocycles. The zero-order valence-electron chi connectivity index (χ0n) is 11.3. The standard InChI is InChI=1S/C12H18INO.C2H6/c1-8-11(13)4-3-9-7-10(14-15)5-6-12(8,9)2;1-2/h7-8,11,15H,3-6H2,1-2H3;1-2H3/b14-10+;. The highest BCUT2D eigenvalue weighted by molar-refractivity contribution is 14.1. The molecule has 0 heterocycles. The fourth-order valence-electron chi connectivity index (χ4n) is 2.89. The normalized spacial score (nSPS) is 38.9. The number of oxime groups is 1. The molecule has 0 amide bonds. The summed E-state index contributed by atoms with van der Waals surface area (Å²) in [7, 11) is 0. The summed E-state index contributed by atoms with van der Waals surface area (Å²) in [5, 5.41) is 12.2. The SMILES string of the molecule is CC.CC1C(I)CCC2=C/C(=N/O)CCC21C. The summed E-state index contributed by atoms with van der Waals surface area (Å²) in [6.45, 7) is 8.74. The van der Waals surface area contributed by atoms with Gasteiger partial charge in [0.15, 0.2) is 0 Å². The average Bonchev–Trinajstić information content (AvgIpc) is 2.37. The van der Waals surface area contributed by atoms with Gasteiger partial charge in [-0.15, -0.1) is 0 Å². The highest BCUT2D eigenvalue weighted by atomic mass is 127. The highest BCUT2D eigenvalue weighted by Gasteiger charge is 2.43. The number of alkyl halides is 1. The third kappa shape index (κ3) is 2.85. The number of hydrogen-bond donors (Lipinski definition) is 1. The van der Waals surface area contributed by atoms with E-state index in [2.05, 4.69) is 47.7 Å². The van der Waals surface area contributed by atoms with E-state index in [4.69, 9.17) is 5.21 Å². The molecule has 1 saturated carbocycles. The molecular weight excluding hydrogens is 325 g/mol. The van der Waals surface area contributed by atoms with E-state index in [1.807, 2.05) is 13.8 Å². The summed E-state index contributed by atoms with van der Waals surface area (Å²) in [6, 6.07) is 0. The van der Waals surface area contributed by atoms with Gasteiger partial charge in [-0.2, -0.15) is 0 Å². The molecule has 2 aliphatic carbocycles. The zero-order valence-corrected chi connectivity index (χ0v) is 13.5. The molecule has 1 N–H and O–H groups in total. The molecule has 2 aliphatic rings. The lowest BCUT2D eigenvalue weighted by molar-refractivity contribution is 0.197. The molecule has 0 aromatic heterocycles. The zero-order chi connectivity index (χ0) is 13.1. The van der Waals surface area contributed by atoms with Gasteiger partial charge in [0, 0.05) is 3.92 Å². The van der Waals surface area contributed by atoms with E-state index >= 15 is 0 Å². The van der Waals surface area contributed by atoms with Crippen molar-refractivity contribution in [3.05, 3.63) is 11.6 Å². The molecule has 0 spiro atoms. The largest absolute Gasteiger partial charge is 0.411 e. The Labute approximate surface area is 119 Å². The number of hydrogen-bond acceptors (Lipinski definition) is 2. The average molecular weight is 349 g/mol. The Morgan fingerprint density at radius 3 is 2.65 bits per heavy atom. The summed E-state index contributed by atoms with van der Waals surface area (Å²) in [6.07, 6.45) is 6.63. The molecule has 3 unspecified atom stereocenters. The van der Waals surface area contributed by atoms with Crippen LogP contribution in [-0.2, 0) is 0 Å². The number of fused-ring (bicyclic) bond motifs is 1. The Balaban J connectivity index is 0.000000686. The van der Waals surface area contributed by atoms with Crippen molar-refractivity contribution in [2.75, 3.05) is 0 Å². The van der Waals surface area contributed by atoms with Crippen molar-refractivity contribution in [3.63, 3.8) is 0 Å². The Kier molecular flexibility index (Phi) is 5.48. The molecule has 0 bridgehead atoms. The molecule has 0 radical (unpaired) electrons. The monoisotopic (exact) mass is 349 g/mol. The summed E-state index contributed by atoms with van der Waals surface area (Å²) in [4.78, 5) is 0. The van der Waals surface area contributed by atoms with Gasteiger partial charge in [-0.3, -0.25) is 0 Å². The van der Waals surface area contributed by atoms with Crippen molar-refractivity contribution < 1.29 is 5.21 Å². The van der Waals surface area contributed by atoms with E-state index in [0.717, 1.165) is 28.4 Å². The quantitative estimate of drug-likeness (QED) is 0.290. The first-order chi connectivity index (χ1) is 8.08. The van der Waals surface area contributed by atoms with Crippen LogP contribution in [0.2, 0.25) is 0 Å². The Hall–Kier alpha value is -0.0600. The van der Waals surface area contributed by atoms with Crippen LogP contribution in [-0.4, -0.2) is 14.8 Å². The van der Waals surface area contributed by atoms with Gasteiger partial charge >= 0.3 is 0 Å². The third-order valence-corrected chi connectivity index (χ3v) is 6.04. The van der Waals surface area contributed by atoms with Crippen molar-refractivity contribution in [2.45, 2.75) is 57.3 Å². The second-order valence-electron chi connectivity index (χ2n) is 5.02. The molecule has 17 heavy (non-hydrogen) atoms. The summed E-state index contributed by atoms with van der Waals surface area (Å²) < 4.78 is 0.789. The van der Waals surface area contributed by atoms with Gasteiger partial charge in [-0.1, -0.05) is 61.0 Å². The molecule has 1 fully saturated rings. The van der Waals surface area contributed by atoms with Gasteiger partial charge in [0.05, 0.1) is 5.71 Å². The molecule has 3 heteroatoms. The van der Waals surface area contributed by atoms with Crippen LogP contribution in [0, 0.1) is 11.3 Å². The van der Waals surface area contributed by atoms with Crippen LogP contribution < -0.4 is 0 Å². The molecule has 0 saturated heterocycles. The minimum atomic E-state index is 0.346. The van der Waals surface area contributed by atoms with Gasteiger partial charge in [0.25, 0.3) is 0 Å². The first-order valence-electron chi connectivity index (χ1n) is 6.64. The Morgan fingerprint density at radius 2 is 2.06 bits per heavy atom. The van der Waals surface area contributed by atoms with Gasteiger partial charge in [0.2, 0.25) is 0 Å². The molecule has 2 nitrogen and oxygen atoms in total. The van der Waals surface area contributed by atoms with Crippen LogP contribution in [0.15, 0.2) is 16.8 Å². The lowest BCUT2D eigenvalue weighted by atomic mass is 9.60. The predicted octanol–water partition coefficient (Wildman–Crippen LogP) is 4.80. The number of rotatable bonds is 0. The smallest absolute Gasteiger partial charge is 0.0795 e. The second-order valence-corrected chi connectivity index (χ2v) is 6.62. The second kappa shape index (κ2) is 6.21. The van der Waals surface area contributed by atoms with E-state index in [0.29, 0.717) is 5.41 Å². The van der Waals surface area contributed by atoms with E-state index in [9.17, 15) is 0 Å². The molecule has 2 rings (SSSR count). The van der Waals surface area contributed by atoms with Crippen LogP contribution in [0.4, 0.5) is 0 Å². The Bertz CT molecular complexity index is 324. The molecule has 0 aromatic rings. The van der Waals surface area contributed by atoms with Crippen molar-refractivity contribution >= 4 is 28.3 Å². The molecule has 3 atom stereocenters. The maximum absolute atomic E-state index is 8.83. The van der Waals surface area contributed by atoms with Crippen LogP contribution in [0.3, 0.4) is 0 Å². The highest BCUT2D eigenvalue weighted by Crippen LogP contribution is 2.51. The number of nitrogens with zero attached hydrogens (tertiary/aromatic N) is 1. The molecular formula is C14H24INO. The van der Waals surface area contributed by atoms with Gasteiger partial charge in [0.1, 0.15) is 0 Å². The number of allylic oxidation sites excluding steroid dienone is 2. The maximum atomic E-state index is 8.83. The van der Waals surface area contributed by atoms with Crippen LogP contribution in [0.1, 0.15) is 53.4 Å². The van der Waals surface area contributed by atoms with Crippen molar-refractivity contribution in [3.8, 4) is 0 Å². The van der Waals surface area contributed by atoms with E-state index in [-0.39, 0.29) is 0 Å². The van der Waals surface area contributed by atoms with E-state index in [1.54, 1.807) is 0 Å². The van der Waals surface area contributed by atoms with E-state index in [1.165, 1.54) is 18.4 Å². The number of halogens is 1. The minimum absolute atomic E-state index is 0.346. The molecule has 98 valence electrons. The topological polar surface area (TPSA) is 32.6 Å². The summed E-state index contributed by atoms with van der Waals surface area (Å²) in [5.74, 6) is 0.735. The summed E-state index contributed by atoms with van der Waals surface area (Å²) in [5.41, 5.74) is 2.71. The fourth-order valence-corrected chi connectivity index (χ4v) is 3.99. The third-order valence-electron chi connectivity index (χ3n) is 4.34. The fraction of sp³-hybridized carbons (Fsp3) is 0.786. The molecule has 0 aliphatic heterocycles. The summed E-state index contributed by atoms with van der Waals surface area (Å²) >= 11 is 2.59. The maximum Gasteiger partial charge on any atom is 0.0795 e. The minimum Gasteiger partial charge on any atom is -0.411 e. The first-order valence-corrected chi connectivity index (χ1v) is 7.88. The lowest BCUT2D eigenvalue weighted by Crippen LogP contribution is -2.40. The van der Waals surface area contributed by atoms with Crippen LogP contribution in [0.5, 0.6) is 0 Å². The van der Waals surface area contributed by atoms with Gasteiger partial charge in [-0.25, -0.2) is 0 Å². The van der Waals surface area contributed by atoms with Crippen LogP contribution in [0.25, 0.3) is 0 Å². The van der Waals surface area contributed by atoms with Gasteiger partial charge in [-0.05, 0) is 43.1 Å². The lowest BCUT2D eigenvalue weighted by Gasteiger charge is -2.47. The van der Waals surface area contributed by atoms with Crippen molar-refractivity contribution in [1.29, 1.82) is 0 Å². The van der Waals surface area contributed by atoms with Gasteiger partial charge < -0.3 is 5.21 Å². The Morgan fingerprint density at radius 1 is 1.41 bits per heavy atom. The van der Waals surface area contributed by atoms with Crippen molar-refractivity contribution in [2.24, 2.45) is 16.5 Å². The van der Waals surface area contributed by atoms with Crippen molar-refractivity contribution in [1.82, 2.24) is 0 Å². The van der Waals surface area contributed by atoms with E-state index < -0.39 is 0 Å². The van der Waals surface area contributed by atoms with Crippen LogP contribution >= 0.6 is 22.6 Å². The predicted molar refractivity (Wildman–Crippen MR) is 82.2 cm³/mol.